The van der Waals surface area contributed by atoms with Crippen molar-refractivity contribution in [2.45, 2.75) is 135 Å². The lowest BCUT2D eigenvalue weighted by molar-refractivity contribution is -0.153. The van der Waals surface area contributed by atoms with Crippen LogP contribution in [0.1, 0.15) is 124 Å². The van der Waals surface area contributed by atoms with Gasteiger partial charge in [-0.2, -0.15) is 16.7 Å². The highest BCUT2D eigenvalue weighted by atomic mass is 32.2. The van der Waals surface area contributed by atoms with Gasteiger partial charge in [0, 0.05) is 6.61 Å². The largest absolute Gasteiger partial charge is 0.554 e. The van der Waals surface area contributed by atoms with Crippen LogP contribution in [0.15, 0.2) is 0 Å². The van der Waals surface area contributed by atoms with E-state index < -0.39 is 19.3 Å². The van der Waals surface area contributed by atoms with E-state index in [1.165, 1.54) is 88.8 Å². The summed E-state index contributed by atoms with van der Waals surface area (Å²) in [6.45, 7) is 7.25. The van der Waals surface area contributed by atoms with Crippen molar-refractivity contribution in [3.63, 3.8) is 0 Å². The van der Waals surface area contributed by atoms with E-state index in [1.807, 2.05) is 6.92 Å². The number of thioether (sulfide) groups is 1. The number of unbranched alkanes of at least 4 members (excludes halogenated alkanes) is 7. The molecule has 0 spiro atoms. The van der Waals surface area contributed by atoms with Gasteiger partial charge in [0.15, 0.2) is 0 Å². The number of carboxylic acid groups (broad SMARTS) is 1. The molecule has 1 aliphatic carbocycles. The lowest BCUT2D eigenvalue weighted by Gasteiger charge is -2.36. The number of hydrogen-bond acceptors (Lipinski definition) is 5. The normalized spacial score (nSPS) is 18.5. The molecule has 212 valence electrons. The van der Waals surface area contributed by atoms with Crippen molar-refractivity contribution in [3.8, 4) is 0 Å². The number of hydrogen-bond donors (Lipinski definition) is 2. The van der Waals surface area contributed by atoms with Gasteiger partial charge in [-0.3, -0.25) is 0 Å². The summed E-state index contributed by atoms with van der Waals surface area (Å²) in [5, 5.41) is 7.73. The minimum atomic E-state index is -3.01. The van der Waals surface area contributed by atoms with Crippen molar-refractivity contribution in [1.82, 2.24) is 0 Å². The van der Waals surface area contributed by atoms with Gasteiger partial charge in [-0.15, -0.1) is 0 Å². The smallest absolute Gasteiger partial charge is 0.476 e. The summed E-state index contributed by atoms with van der Waals surface area (Å²) in [5.41, 5.74) is 0. The van der Waals surface area contributed by atoms with Crippen LogP contribution in [-0.2, 0) is 18.8 Å². The molecule has 0 aromatic carbocycles. The predicted octanol–water partition coefficient (Wildman–Crippen LogP) is 8.18. The van der Waals surface area contributed by atoms with Crippen molar-refractivity contribution in [2.24, 2.45) is 11.8 Å². The summed E-state index contributed by atoms with van der Waals surface area (Å²) < 4.78 is 24.1. The van der Waals surface area contributed by atoms with Crippen molar-refractivity contribution in [3.05, 3.63) is 0 Å². The predicted molar refractivity (Wildman–Crippen MR) is 151 cm³/mol. The average Bonchev–Trinajstić information content (AvgIpc) is 2.87. The summed E-state index contributed by atoms with van der Waals surface area (Å²) in [7, 11) is -3.01. The van der Waals surface area contributed by atoms with E-state index in [1.54, 1.807) is 0 Å². The molecule has 1 aliphatic rings. The first kappa shape index (κ1) is 33.8. The van der Waals surface area contributed by atoms with Gasteiger partial charge in [-0.25, -0.2) is 4.79 Å². The van der Waals surface area contributed by atoms with E-state index >= 15 is 0 Å². The third-order valence-corrected chi connectivity index (χ3v) is 9.97. The number of ether oxygens (including phenoxy) is 2. The Morgan fingerprint density at radius 3 is 2.14 bits per heavy atom. The second-order valence-electron chi connectivity index (χ2n) is 10.5. The van der Waals surface area contributed by atoms with Gasteiger partial charge in [0.05, 0.1) is 18.5 Å². The Kier molecular flexibility index (Phi) is 19.5. The Morgan fingerprint density at radius 1 is 0.944 bits per heavy atom. The highest BCUT2D eigenvalue weighted by Crippen LogP contribution is 2.42. The van der Waals surface area contributed by atoms with Crippen LogP contribution in [0, 0.1) is 11.8 Å². The zero-order valence-corrected chi connectivity index (χ0v) is 25.0. The monoisotopic (exact) mass is 549 g/mol. The quantitative estimate of drug-likeness (QED) is 0.0980. The van der Waals surface area contributed by atoms with Crippen LogP contribution in [0.2, 0.25) is 0 Å². The summed E-state index contributed by atoms with van der Waals surface area (Å²) in [6.07, 6.45) is 19.2. The molecular weight excluding hydrogens is 495 g/mol. The van der Waals surface area contributed by atoms with Crippen molar-refractivity contribution in [1.29, 1.82) is 0 Å². The fraction of sp³-hybridized carbons (Fsp3) is 0.964. The molecule has 36 heavy (non-hydrogen) atoms. The van der Waals surface area contributed by atoms with Gasteiger partial charge in [0.2, 0.25) is 0 Å². The molecule has 0 amide bonds. The van der Waals surface area contributed by atoms with Gasteiger partial charge < -0.3 is 14.6 Å². The Bertz CT molecular complexity index is 570. The van der Waals surface area contributed by atoms with Crippen molar-refractivity contribution < 1.29 is 28.8 Å². The number of rotatable bonds is 23. The van der Waals surface area contributed by atoms with Crippen LogP contribution < -0.4 is 0 Å². The van der Waals surface area contributed by atoms with Crippen LogP contribution in [0.3, 0.4) is 0 Å². The summed E-state index contributed by atoms with van der Waals surface area (Å²) >= 11 is 1.45. The van der Waals surface area contributed by atoms with E-state index in [9.17, 15) is 19.4 Å². The molecule has 6 nitrogen and oxygen atoms in total. The number of carboxylic acids is 1. The maximum Gasteiger partial charge on any atom is 0.554 e. The Hall–Kier alpha value is -0.200. The molecular formula is C28H54O6PS+. The topological polar surface area (TPSA) is 93.1 Å². The third kappa shape index (κ3) is 12.6. The molecule has 8 heteroatoms. The number of carbonyl (C=O) groups is 1. The first-order valence-corrected chi connectivity index (χ1v) is 17.0. The molecule has 2 N–H and O–H groups in total. The van der Waals surface area contributed by atoms with Crippen LogP contribution >= 0.6 is 19.8 Å². The van der Waals surface area contributed by atoms with Crippen molar-refractivity contribution >= 4 is 25.8 Å². The second kappa shape index (κ2) is 20.7. The van der Waals surface area contributed by atoms with Crippen LogP contribution in [0.5, 0.6) is 0 Å². The summed E-state index contributed by atoms with van der Waals surface area (Å²) in [5.74, 6) is 0.269. The molecule has 4 unspecified atom stereocenters. The molecule has 0 heterocycles. The van der Waals surface area contributed by atoms with E-state index in [4.69, 9.17) is 9.47 Å². The minimum Gasteiger partial charge on any atom is -0.476 e. The minimum absolute atomic E-state index is 0.0197. The molecule has 0 aromatic rings. The van der Waals surface area contributed by atoms with E-state index in [0.717, 1.165) is 31.6 Å². The lowest BCUT2D eigenvalue weighted by Crippen LogP contribution is -2.42. The first-order valence-electron chi connectivity index (χ1n) is 14.7. The molecule has 0 bridgehead atoms. The van der Waals surface area contributed by atoms with E-state index in [-0.39, 0.29) is 18.5 Å². The summed E-state index contributed by atoms with van der Waals surface area (Å²) in [6, 6.07) is 0. The molecule has 1 saturated carbocycles. The lowest BCUT2D eigenvalue weighted by atomic mass is 9.77. The zero-order valence-electron chi connectivity index (χ0n) is 23.3. The fourth-order valence-corrected chi connectivity index (χ4v) is 7.69. The molecule has 1 fully saturated rings. The highest BCUT2D eigenvalue weighted by Gasteiger charge is 2.59. The molecule has 0 aromatic heterocycles. The van der Waals surface area contributed by atoms with Gasteiger partial charge in [0.25, 0.3) is 0 Å². The molecule has 0 saturated heterocycles. The van der Waals surface area contributed by atoms with Gasteiger partial charge >= 0.3 is 19.3 Å². The van der Waals surface area contributed by atoms with Crippen LogP contribution in [0.25, 0.3) is 0 Å². The first-order chi connectivity index (χ1) is 17.4. The maximum atomic E-state index is 12.1. The van der Waals surface area contributed by atoms with Gasteiger partial charge in [-0.1, -0.05) is 104 Å². The molecule has 0 aliphatic heterocycles. The highest BCUT2D eigenvalue weighted by molar-refractivity contribution is 7.99. The van der Waals surface area contributed by atoms with Crippen LogP contribution in [0.4, 0.5) is 0 Å². The van der Waals surface area contributed by atoms with Gasteiger partial charge in [0.1, 0.15) is 0 Å². The second-order valence-corrected chi connectivity index (χ2v) is 12.8. The molecule has 1 rings (SSSR count). The van der Waals surface area contributed by atoms with Gasteiger partial charge in [-0.05, 0) is 41.4 Å². The Labute approximate surface area is 225 Å². The average molecular weight is 550 g/mol. The van der Waals surface area contributed by atoms with Crippen LogP contribution in [-0.4, -0.2) is 52.1 Å². The van der Waals surface area contributed by atoms with Crippen molar-refractivity contribution in [2.75, 3.05) is 24.7 Å². The fourth-order valence-electron chi connectivity index (χ4n) is 5.25. The van der Waals surface area contributed by atoms with E-state index in [2.05, 4.69) is 13.8 Å². The zero-order chi connectivity index (χ0) is 26.7. The van der Waals surface area contributed by atoms with E-state index in [0.29, 0.717) is 18.3 Å². The Balaban J connectivity index is 2.72. The Morgan fingerprint density at radius 2 is 1.58 bits per heavy atom. The molecule has 0 radical (unpaired) electrons. The number of aliphatic carboxylic acids is 1. The molecule has 4 atom stereocenters. The standard InChI is InChI=1S/C28H53O6PS/c1-4-7-8-9-10-11-12-16-21-33-26(17-5-2)25(24-18-14-13-15-19-24)22-36-23-28(27(29)30,35(31)32)34-20-6-3/h24-26H,4-23H2,1-3H3,(H-,29,30,31,32)/p+1. The third-order valence-electron chi connectivity index (χ3n) is 7.43. The summed E-state index contributed by atoms with van der Waals surface area (Å²) in [4.78, 5) is 21.9. The SMILES string of the molecule is CCCCCCCCCCOC(CCC)C(CSCC(OCCC)(C(=O)O)[P+](=O)O)C1CCCCC1. The maximum absolute atomic E-state index is 12.1.